The number of esters is 1. The summed E-state index contributed by atoms with van der Waals surface area (Å²) in [5, 5.41) is 3.36. The number of rotatable bonds is 11. The minimum atomic E-state index is -0.585. The minimum absolute atomic E-state index is 0.136. The van der Waals surface area contributed by atoms with Crippen molar-refractivity contribution in [2.45, 2.75) is 72.4 Å². The quantitative estimate of drug-likeness (QED) is 0.595. The van der Waals surface area contributed by atoms with Crippen molar-refractivity contribution in [1.29, 1.82) is 0 Å². The van der Waals surface area contributed by atoms with E-state index in [2.05, 4.69) is 45.0 Å². The third kappa shape index (κ3) is 7.82. The highest BCUT2D eigenvalue weighted by Gasteiger charge is 2.34. The van der Waals surface area contributed by atoms with E-state index in [0.29, 0.717) is 18.6 Å². The number of hydrogen-bond donors (Lipinski definition) is 1. The lowest BCUT2D eigenvalue weighted by molar-refractivity contribution is -0.151. The van der Waals surface area contributed by atoms with Gasteiger partial charge in [-0.2, -0.15) is 0 Å². The van der Waals surface area contributed by atoms with Crippen LogP contribution in [-0.2, 0) is 9.53 Å². The van der Waals surface area contributed by atoms with Crippen LogP contribution in [0.15, 0.2) is 0 Å². The Morgan fingerprint density at radius 2 is 1.90 bits per heavy atom. The van der Waals surface area contributed by atoms with Gasteiger partial charge >= 0.3 is 5.97 Å². The third-order valence-corrected chi connectivity index (χ3v) is 4.02. The van der Waals surface area contributed by atoms with Crippen molar-refractivity contribution in [3.8, 4) is 0 Å². The number of hydrogen-bond acceptors (Lipinski definition) is 4. The number of ether oxygens (including phenoxy) is 1. The van der Waals surface area contributed by atoms with Crippen LogP contribution in [-0.4, -0.2) is 49.2 Å². The van der Waals surface area contributed by atoms with Gasteiger partial charge in [-0.3, -0.25) is 4.79 Å². The number of nitrogens with one attached hydrogen (secondary N) is 1. The van der Waals surface area contributed by atoms with Gasteiger partial charge in [-0.1, -0.05) is 20.8 Å². The topological polar surface area (TPSA) is 41.6 Å². The molecule has 0 aliphatic carbocycles. The summed E-state index contributed by atoms with van der Waals surface area (Å²) in [6.45, 7) is 14.8. The van der Waals surface area contributed by atoms with Crippen LogP contribution >= 0.6 is 0 Å². The Morgan fingerprint density at radius 3 is 2.38 bits per heavy atom. The van der Waals surface area contributed by atoms with Crippen molar-refractivity contribution in [1.82, 2.24) is 10.2 Å². The second kappa shape index (κ2) is 10.2. The normalized spacial score (nSPS) is 16.0. The van der Waals surface area contributed by atoms with Crippen molar-refractivity contribution in [2.24, 2.45) is 5.92 Å². The lowest BCUT2D eigenvalue weighted by Gasteiger charge is -2.33. The third-order valence-electron chi connectivity index (χ3n) is 4.02. The standard InChI is InChI=1S/C17H36N2O2/c1-8-11-18-17(6,16(20)21-9-2)10-12-19(7)15(5)13-14(3)4/h14-15,18H,8-13H2,1-7H3. The Morgan fingerprint density at radius 1 is 1.29 bits per heavy atom. The molecule has 21 heavy (non-hydrogen) atoms. The summed E-state index contributed by atoms with van der Waals surface area (Å²) in [6.07, 6.45) is 2.95. The lowest BCUT2D eigenvalue weighted by Crippen LogP contribution is -2.52. The SMILES string of the molecule is CCCNC(C)(CCN(C)C(C)CC(C)C)C(=O)OCC. The Hall–Kier alpha value is -0.610. The zero-order chi connectivity index (χ0) is 16.5. The summed E-state index contributed by atoms with van der Waals surface area (Å²) < 4.78 is 5.24. The predicted molar refractivity (Wildman–Crippen MR) is 89.5 cm³/mol. The molecular formula is C17H36N2O2. The summed E-state index contributed by atoms with van der Waals surface area (Å²) in [5.74, 6) is 0.556. The summed E-state index contributed by atoms with van der Waals surface area (Å²) in [4.78, 5) is 14.6. The Bertz CT molecular complexity index is 295. The van der Waals surface area contributed by atoms with E-state index in [9.17, 15) is 4.79 Å². The van der Waals surface area contributed by atoms with Crippen LogP contribution in [0.2, 0.25) is 0 Å². The molecule has 1 N–H and O–H groups in total. The van der Waals surface area contributed by atoms with Gasteiger partial charge in [0.05, 0.1) is 6.61 Å². The van der Waals surface area contributed by atoms with Crippen LogP contribution < -0.4 is 5.32 Å². The number of carbonyl (C=O) groups is 1. The average Bonchev–Trinajstić information content (AvgIpc) is 2.41. The van der Waals surface area contributed by atoms with E-state index in [0.717, 1.165) is 25.9 Å². The predicted octanol–water partition coefficient (Wildman–Crippen LogP) is 3.06. The molecule has 0 rings (SSSR count). The highest BCUT2D eigenvalue weighted by Crippen LogP contribution is 2.16. The molecule has 0 aromatic heterocycles. The number of carbonyl (C=O) groups excluding carboxylic acids is 1. The van der Waals surface area contributed by atoms with E-state index < -0.39 is 5.54 Å². The van der Waals surface area contributed by atoms with Crippen molar-refractivity contribution < 1.29 is 9.53 Å². The largest absolute Gasteiger partial charge is 0.465 e. The van der Waals surface area contributed by atoms with Gasteiger partial charge in [0.1, 0.15) is 5.54 Å². The first-order valence-electron chi connectivity index (χ1n) is 8.39. The average molecular weight is 300 g/mol. The Balaban J connectivity index is 4.56. The molecule has 0 saturated carbocycles. The van der Waals surface area contributed by atoms with Crippen molar-refractivity contribution in [2.75, 3.05) is 26.7 Å². The van der Waals surface area contributed by atoms with Crippen molar-refractivity contribution in [3.05, 3.63) is 0 Å². The molecule has 0 amide bonds. The first-order valence-corrected chi connectivity index (χ1v) is 8.39. The lowest BCUT2D eigenvalue weighted by atomic mass is 9.96. The summed E-state index contributed by atoms with van der Waals surface area (Å²) in [7, 11) is 2.14. The fourth-order valence-corrected chi connectivity index (χ4v) is 2.44. The molecule has 0 radical (unpaired) electrons. The first-order chi connectivity index (χ1) is 9.76. The van der Waals surface area contributed by atoms with Gasteiger partial charge in [-0.15, -0.1) is 0 Å². The van der Waals surface area contributed by atoms with Gasteiger partial charge in [0.25, 0.3) is 0 Å². The minimum Gasteiger partial charge on any atom is -0.465 e. The van der Waals surface area contributed by atoms with Crippen LogP contribution in [0.3, 0.4) is 0 Å². The molecule has 0 aliphatic heterocycles. The highest BCUT2D eigenvalue weighted by atomic mass is 16.5. The second-order valence-electron chi connectivity index (χ2n) is 6.69. The van der Waals surface area contributed by atoms with E-state index in [1.165, 1.54) is 6.42 Å². The van der Waals surface area contributed by atoms with Gasteiger partial charge in [0.2, 0.25) is 0 Å². The summed E-state index contributed by atoms with van der Waals surface area (Å²) >= 11 is 0. The molecule has 0 heterocycles. The van der Waals surface area contributed by atoms with E-state index in [4.69, 9.17) is 4.74 Å². The maximum absolute atomic E-state index is 12.2. The second-order valence-corrected chi connectivity index (χ2v) is 6.69. The van der Waals surface area contributed by atoms with Crippen LogP contribution in [0.4, 0.5) is 0 Å². The molecule has 0 bridgehead atoms. The summed E-state index contributed by atoms with van der Waals surface area (Å²) in [6, 6.07) is 0.530. The van der Waals surface area contributed by atoms with Gasteiger partial charge < -0.3 is 15.0 Å². The maximum Gasteiger partial charge on any atom is 0.326 e. The van der Waals surface area contributed by atoms with Gasteiger partial charge in [0, 0.05) is 12.6 Å². The molecule has 0 spiro atoms. The van der Waals surface area contributed by atoms with Gasteiger partial charge in [-0.25, -0.2) is 0 Å². The molecule has 4 heteroatoms. The van der Waals surface area contributed by atoms with Crippen LogP contribution in [0.5, 0.6) is 0 Å². The fraction of sp³-hybridized carbons (Fsp3) is 0.941. The van der Waals surface area contributed by atoms with Crippen molar-refractivity contribution >= 4 is 5.97 Å². The van der Waals surface area contributed by atoms with E-state index >= 15 is 0 Å². The molecule has 0 aromatic rings. The first kappa shape index (κ1) is 20.4. The Kier molecular flexibility index (Phi) is 9.88. The van der Waals surface area contributed by atoms with E-state index in [1.54, 1.807) is 0 Å². The Labute approximate surface area is 131 Å². The van der Waals surface area contributed by atoms with E-state index in [-0.39, 0.29) is 5.97 Å². The number of nitrogens with zero attached hydrogens (tertiary/aromatic N) is 1. The summed E-state index contributed by atoms with van der Waals surface area (Å²) in [5.41, 5.74) is -0.585. The van der Waals surface area contributed by atoms with Gasteiger partial charge in [0.15, 0.2) is 0 Å². The van der Waals surface area contributed by atoms with Gasteiger partial charge in [-0.05, 0) is 59.5 Å². The molecule has 0 aromatic carbocycles. The molecule has 0 saturated heterocycles. The smallest absolute Gasteiger partial charge is 0.326 e. The zero-order valence-electron chi connectivity index (χ0n) is 15.2. The van der Waals surface area contributed by atoms with Crippen LogP contribution in [0.25, 0.3) is 0 Å². The maximum atomic E-state index is 12.2. The van der Waals surface area contributed by atoms with E-state index in [1.807, 2.05) is 13.8 Å². The molecule has 0 aliphatic rings. The van der Waals surface area contributed by atoms with Crippen molar-refractivity contribution in [3.63, 3.8) is 0 Å². The van der Waals surface area contributed by atoms with Crippen LogP contribution in [0, 0.1) is 5.92 Å². The monoisotopic (exact) mass is 300 g/mol. The molecule has 2 atom stereocenters. The van der Waals surface area contributed by atoms with Crippen LogP contribution in [0.1, 0.15) is 60.8 Å². The molecule has 2 unspecified atom stereocenters. The molecular weight excluding hydrogens is 264 g/mol. The molecule has 126 valence electrons. The molecule has 4 nitrogen and oxygen atoms in total. The highest BCUT2D eigenvalue weighted by molar-refractivity contribution is 5.80. The zero-order valence-corrected chi connectivity index (χ0v) is 15.2. The molecule has 0 fully saturated rings. The fourth-order valence-electron chi connectivity index (χ4n) is 2.44.